The van der Waals surface area contributed by atoms with Crippen LogP contribution >= 0.6 is 11.6 Å². The normalized spacial score (nSPS) is 15.4. The number of hydrogen-bond acceptors (Lipinski definition) is 2. The molecule has 1 aliphatic rings. The maximum atomic E-state index is 13.1. The number of rotatable bonds is 3. The Morgan fingerprint density at radius 3 is 2.08 bits per heavy atom. The molecule has 3 aromatic carbocycles. The van der Waals surface area contributed by atoms with Gasteiger partial charge in [-0.2, -0.15) is 0 Å². The summed E-state index contributed by atoms with van der Waals surface area (Å²) >= 11 is 5.94. The highest BCUT2D eigenvalue weighted by atomic mass is 35.5. The largest absolute Gasteiger partial charge is 0.282 e. The summed E-state index contributed by atoms with van der Waals surface area (Å²) in [5.74, 6) is 0.479. The van der Waals surface area contributed by atoms with E-state index in [1.165, 1.54) is 0 Å². The van der Waals surface area contributed by atoms with Crippen molar-refractivity contribution in [3.8, 4) is 0 Å². The van der Waals surface area contributed by atoms with Crippen molar-refractivity contribution < 1.29 is 4.79 Å². The number of nitrogens with zero attached hydrogens (tertiary/aromatic N) is 2. The molecule has 26 heavy (non-hydrogen) atoms. The van der Waals surface area contributed by atoms with Crippen LogP contribution in [0, 0.1) is 0 Å². The Kier molecular flexibility index (Phi) is 4.38. The van der Waals surface area contributed by atoms with E-state index in [4.69, 9.17) is 11.6 Å². The van der Waals surface area contributed by atoms with Crippen molar-refractivity contribution >= 4 is 35.1 Å². The molecule has 0 spiro atoms. The molecule has 0 aliphatic carbocycles. The zero-order valence-electron chi connectivity index (χ0n) is 13.8. The number of carbonyl (C=O) groups excluding carboxylic acids is 1. The predicted octanol–water partition coefficient (Wildman–Crippen LogP) is 5.17. The highest BCUT2D eigenvalue weighted by Crippen LogP contribution is 2.27. The molecule has 0 fully saturated rings. The summed E-state index contributed by atoms with van der Waals surface area (Å²) in [5, 5.41) is 0.657. The molecule has 0 saturated carbocycles. The second-order valence-corrected chi connectivity index (χ2v) is 6.30. The molecule has 126 valence electrons. The summed E-state index contributed by atoms with van der Waals surface area (Å²) in [5.41, 5.74) is 2.96. The Balaban J connectivity index is 1.81. The van der Waals surface area contributed by atoms with Gasteiger partial charge in [0.25, 0.3) is 5.91 Å². The monoisotopic (exact) mass is 358 g/mol. The Labute approximate surface area is 156 Å². The fraction of sp³-hybridized carbons (Fsp3) is 0. The Hall–Kier alpha value is -3.17. The fourth-order valence-electron chi connectivity index (χ4n) is 2.83. The minimum atomic E-state index is -0.148. The average molecular weight is 359 g/mol. The molecule has 0 saturated heterocycles. The van der Waals surface area contributed by atoms with Gasteiger partial charge in [0, 0.05) is 10.6 Å². The molecule has 1 aliphatic heterocycles. The first-order chi connectivity index (χ1) is 12.7. The minimum Gasteiger partial charge on any atom is -0.266 e. The lowest BCUT2D eigenvalue weighted by molar-refractivity contribution is -0.113. The molecule has 0 radical (unpaired) electrons. The lowest BCUT2D eigenvalue weighted by atomic mass is 10.1. The average Bonchev–Trinajstić information content (AvgIpc) is 3.01. The van der Waals surface area contributed by atoms with Gasteiger partial charge in [-0.1, -0.05) is 72.3 Å². The van der Waals surface area contributed by atoms with Crippen LogP contribution in [0.1, 0.15) is 11.1 Å². The summed E-state index contributed by atoms with van der Waals surface area (Å²) in [6.45, 7) is 0. The van der Waals surface area contributed by atoms with E-state index in [2.05, 4.69) is 4.99 Å². The van der Waals surface area contributed by atoms with E-state index in [1.54, 1.807) is 23.1 Å². The number of hydrogen-bond donors (Lipinski definition) is 0. The van der Waals surface area contributed by atoms with Gasteiger partial charge < -0.3 is 0 Å². The van der Waals surface area contributed by atoms with Gasteiger partial charge in [0.2, 0.25) is 0 Å². The first kappa shape index (κ1) is 16.3. The molecular formula is C22H15ClN2O. The summed E-state index contributed by atoms with van der Waals surface area (Å²) in [4.78, 5) is 19.4. The van der Waals surface area contributed by atoms with Crippen molar-refractivity contribution in [1.82, 2.24) is 0 Å². The first-order valence-electron chi connectivity index (χ1n) is 8.23. The summed E-state index contributed by atoms with van der Waals surface area (Å²) in [6.07, 6.45) is 1.78. The van der Waals surface area contributed by atoms with Crippen LogP contribution in [0.25, 0.3) is 6.08 Å². The number of carbonyl (C=O) groups is 1. The number of para-hydroxylation sites is 1. The zero-order chi connectivity index (χ0) is 17.9. The van der Waals surface area contributed by atoms with Gasteiger partial charge in [-0.05, 0) is 35.9 Å². The van der Waals surface area contributed by atoms with E-state index in [1.807, 2.05) is 72.8 Å². The molecule has 0 bridgehead atoms. The molecule has 4 heteroatoms. The third kappa shape index (κ3) is 3.17. The van der Waals surface area contributed by atoms with Gasteiger partial charge in [0.1, 0.15) is 11.5 Å². The number of anilines is 1. The van der Waals surface area contributed by atoms with Crippen LogP contribution in [0.15, 0.2) is 95.6 Å². The summed E-state index contributed by atoms with van der Waals surface area (Å²) < 4.78 is 0. The van der Waals surface area contributed by atoms with Crippen LogP contribution in [-0.4, -0.2) is 11.7 Å². The van der Waals surface area contributed by atoms with Gasteiger partial charge in [0.05, 0.1) is 5.69 Å². The highest BCUT2D eigenvalue weighted by molar-refractivity contribution is 6.33. The smallest absolute Gasteiger partial charge is 0.266 e. The number of aliphatic imine (C=N–C) groups is 1. The van der Waals surface area contributed by atoms with E-state index in [9.17, 15) is 4.79 Å². The van der Waals surface area contributed by atoms with Crippen LogP contribution in [-0.2, 0) is 4.79 Å². The van der Waals surface area contributed by atoms with Crippen molar-refractivity contribution in [2.24, 2.45) is 4.99 Å². The minimum absolute atomic E-state index is 0.148. The summed E-state index contributed by atoms with van der Waals surface area (Å²) in [7, 11) is 0. The number of benzene rings is 3. The first-order valence-corrected chi connectivity index (χ1v) is 8.61. The Bertz CT molecular complexity index is 993. The topological polar surface area (TPSA) is 32.7 Å². The van der Waals surface area contributed by atoms with Crippen LogP contribution in [0.5, 0.6) is 0 Å². The number of amides is 1. The van der Waals surface area contributed by atoms with Crippen molar-refractivity contribution in [3.05, 3.63) is 107 Å². The predicted molar refractivity (Wildman–Crippen MR) is 106 cm³/mol. The van der Waals surface area contributed by atoms with Crippen LogP contribution in [0.2, 0.25) is 5.02 Å². The number of halogens is 1. The fourth-order valence-corrected chi connectivity index (χ4v) is 2.96. The SMILES string of the molecule is O=C1/C(=C/c2ccc(Cl)cc2)N=C(c2ccccc2)N1c1ccccc1. The van der Waals surface area contributed by atoms with Gasteiger partial charge in [0.15, 0.2) is 0 Å². The van der Waals surface area contributed by atoms with Gasteiger partial charge in [-0.25, -0.2) is 4.99 Å². The van der Waals surface area contributed by atoms with E-state index >= 15 is 0 Å². The van der Waals surface area contributed by atoms with Crippen LogP contribution in [0.4, 0.5) is 5.69 Å². The van der Waals surface area contributed by atoms with Gasteiger partial charge >= 0.3 is 0 Å². The third-order valence-corrected chi connectivity index (χ3v) is 4.33. The molecule has 0 atom stereocenters. The van der Waals surface area contributed by atoms with Gasteiger partial charge in [-0.15, -0.1) is 0 Å². The molecule has 3 nitrogen and oxygen atoms in total. The van der Waals surface area contributed by atoms with Crippen molar-refractivity contribution in [2.75, 3.05) is 4.90 Å². The van der Waals surface area contributed by atoms with E-state index in [0.29, 0.717) is 16.6 Å². The third-order valence-electron chi connectivity index (χ3n) is 4.08. The Morgan fingerprint density at radius 1 is 0.808 bits per heavy atom. The molecule has 0 aromatic heterocycles. The highest BCUT2D eigenvalue weighted by Gasteiger charge is 2.32. The molecule has 1 amide bonds. The maximum absolute atomic E-state index is 13.1. The maximum Gasteiger partial charge on any atom is 0.282 e. The lowest BCUT2D eigenvalue weighted by Gasteiger charge is -2.18. The van der Waals surface area contributed by atoms with Crippen molar-refractivity contribution in [2.45, 2.75) is 0 Å². The molecule has 3 aromatic rings. The summed E-state index contributed by atoms with van der Waals surface area (Å²) in [6, 6.07) is 26.6. The zero-order valence-corrected chi connectivity index (χ0v) is 14.6. The molecule has 0 unspecified atom stereocenters. The number of amidine groups is 1. The Morgan fingerprint density at radius 2 is 1.42 bits per heavy atom. The lowest BCUT2D eigenvalue weighted by Crippen LogP contribution is -2.32. The molecule has 1 heterocycles. The van der Waals surface area contributed by atoms with Crippen LogP contribution in [0.3, 0.4) is 0 Å². The van der Waals surface area contributed by atoms with E-state index in [-0.39, 0.29) is 5.91 Å². The standard InChI is InChI=1S/C22H15ClN2O/c23-18-13-11-16(12-14-18)15-20-22(26)25(19-9-5-2-6-10-19)21(24-20)17-7-3-1-4-8-17/h1-15H/b20-15-. The van der Waals surface area contributed by atoms with Crippen LogP contribution < -0.4 is 4.90 Å². The second kappa shape index (κ2) is 6.98. The van der Waals surface area contributed by atoms with Crippen molar-refractivity contribution in [3.63, 3.8) is 0 Å². The van der Waals surface area contributed by atoms with Gasteiger partial charge in [-0.3, -0.25) is 9.69 Å². The second-order valence-electron chi connectivity index (χ2n) is 5.86. The molecule has 4 rings (SSSR count). The van der Waals surface area contributed by atoms with E-state index < -0.39 is 0 Å². The molecular weight excluding hydrogens is 344 g/mol. The van der Waals surface area contributed by atoms with E-state index in [0.717, 1.165) is 16.8 Å². The van der Waals surface area contributed by atoms with Crippen molar-refractivity contribution in [1.29, 1.82) is 0 Å². The molecule has 0 N–H and O–H groups in total. The quantitative estimate of drug-likeness (QED) is 0.594.